The number of ether oxygens (including phenoxy) is 2. The number of para-hydroxylation sites is 1. The van der Waals surface area contributed by atoms with E-state index in [1.165, 1.54) is 0 Å². The normalized spacial score (nSPS) is 15.9. The molecule has 2 aromatic carbocycles. The van der Waals surface area contributed by atoms with Crippen molar-refractivity contribution in [1.29, 1.82) is 0 Å². The standard InChI is InChI=1S/C22H19NO4/c1-3-12-26-15-10-8-14(9-11-15)17-13-19(24)27-21-16-6-4-5-7-18(16)23(2)22(25)20(17)21/h3-11,17H,1,12-13H2,2H3/t17-/m1/s1. The van der Waals surface area contributed by atoms with Crippen LogP contribution in [0.2, 0.25) is 0 Å². The second kappa shape index (κ2) is 6.76. The Morgan fingerprint density at radius 2 is 1.93 bits per heavy atom. The first-order chi connectivity index (χ1) is 13.1. The van der Waals surface area contributed by atoms with Crippen LogP contribution in [0, 0.1) is 0 Å². The van der Waals surface area contributed by atoms with E-state index in [0.29, 0.717) is 23.7 Å². The molecule has 5 heteroatoms. The smallest absolute Gasteiger partial charge is 0.312 e. The summed E-state index contributed by atoms with van der Waals surface area (Å²) in [7, 11) is 1.74. The molecule has 27 heavy (non-hydrogen) atoms. The van der Waals surface area contributed by atoms with E-state index in [4.69, 9.17) is 9.47 Å². The zero-order valence-electron chi connectivity index (χ0n) is 15.0. The Morgan fingerprint density at radius 3 is 2.67 bits per heavy atom. The molecule has 0 saturated heterocycles. The lowest BCUT2D eigenvalue weighted by molar-refractivity contribution is -0.135. The number of carbonyl (C=O) groups excluding carboxylic acids is 1. The molecule has 0 amide bonds. The summed E-state index contributed by atoms with van der Waals surface area (Å²) in [6.07, 6.45) is 1.81. The van der Waals surface area contributed by atoms with Gasteiger partial charge in [0.1, 0.15) is 18.1 Å². The van der Waals surface area contributed by atoms with Gasteiger partial charge in [-0.25, -0.2) is 0 Å². The minimum Gasteiger partial charge on any atom is -0.490 e. The zero-order chi connectivity index (χ0) is 19.0. The summed E-state index contributed by atoms with van der Waals surface area (Å²) in [5, 5.41) is 0.763. The predicted molar refractivity (Wildman–Crippen MR) is 103 cm³/mol. The Bertz CT molecular complexity index is 1100. The summed E-state index contributed by atoms with van der Waals surface area (Å²) in [5.74, 6) is 0.404. The number of esters is 1. The summed E-state index contributed by atoms with van der Waals surface area (Å²) in [4.78, 5) is 25.4. The molecule has 1 atom stereocenters. The van der Waals surface area contributed by atoms with Crippen LogP contribution in [-0.2, 0) is 11.8 Å². The maximum atomic E-state index is 13.1. The van der Waals surface area contributed by atoms with E-state index in [1.54, 1.807) is 17.7 Å². The van der Waals surface area contributed by atoms with Crippen LogP contribution in [0.4, 0.5) is 0 Å². The highest BCUT2D eigenvalue weighted by molar-refractivity contribution is 5.91. The van der Waals surface area contributed by atoms with Gasteiger partial charge in [-0.1, -0.05) is 36.9 Å². The van der Waals surface area contributed by atoms with Crippen LogP contribution in [0.25, 0.3) is 10.9 Å². The number of hydrogen-bond donors (Lipinski definition) is 0. The molecule has 3 aromatic rings. The molecule has 1 aromatic heterocycles. The maximum Gasteiger partial charge on any atom is 0.312 e. The predicted octanol–water partition coefficient (Wildman–Crippen LogP) is 3.54. The van der Waals surface area contributed by atoms with Crippen LogP contribution < -0.4 is 15.0 Å². The van der Waals surface area contributed by atoms with Crippen molar-refractivity contribution in [2.24, 2.45) is 7.05 Å². The molecule has 0 radical (unpaired) electrons. The van der Waals surface area contributed by atoms with Crippen molar-refractivity contribution >= 4 is 16.9 Å². The van der Waals surface area contributed by atoms with E-state index < -0.39 is 0 Å². The van der Waals surface area contributed by atoms with Gasteiger partial charge in [0.2, 0.25) is 0 Å². The highest BCUT2D eigenvalue weighted by Crippen LogP contribution is 2.40. The summed E-state index contributed by atoms with van der Waals surface area (Å²) in [6.45, 7) is 4.05. The van der Waals surface area contributed by atoms with Crippen LogP contribution in [0.5, 0.6) is 11.5 Å². The quantitative estimate of drug-likeness (QED) is 0.527. The first-order valence-corrected chi connectivity index (χ1v) is 8.76. The first-order valence-electron chi connectivity index (χ1n) is 8.76. The maximum absolute atomic E-state index is 13.1. The van der Waals surface area contributed by atoms with Crippen molar-refractivity contribution in [2.45, 2.75) is 12.3 Å². The topological polar surface area (TPSA) is 57.5 Å². The fraction of sp³-hybridized carbons (Fsp3) is 0.182. The largest absolute Gasteiger partial charge is 0.490 e. The lowest BCUT2D eigenvalue weighted by atomic mass is 9.86. The molecule has 1 aliphatic heterocycles. The monoisotopic (exact) mass is 361 g/mol. The number of pyridine rings is 1. The number of fused-ring (bicyclic) bond motifs is 3. The van der Waals surface area contributed by atoms with E-state index in [2.05, 4.69) is 6.58 Å². The highest BCUT2D eigenvalue weighted by atomic mass is 16.5. The molecule has 0 fully saturated rings. The van der Waals surface area contributed by atoms with Crippen molar-refractivity contribution in [3.8, 4) is 11.5 Å². The second-order valence-electron chi connectivity index (χ2n) is 6.52. The Balaban J connectivity index is 1.87. The fourth-order valence-electron chi connectivity index (χ4n) is 3.57. The summed E-state index contributed by atoms with van der Waals surface area (Å²) in [5.41, 5.74) is 2.00. The highest BCUT2D eigenvalue weighted by Gasteiger charge is 2.33. The summed E-state index contributed by atoms with van der Waals surface area (Å²) in [6, 6.07) is 14.9. The van der Waals surface area contributed by atoms with Crippen LogP contribution >= 0.6 is 0 Å². The van der Waals surface area contributed by atoms with Gasteiger partial charge in [-0.15, -0.1) is 0 Å². The van der Waals surface area contributed by atoms with Gasteiger partial charge in [0.05, 0.1) is 17.5 Å². The number of hydrogen-bond acceptors (Lipinski definition) is 4. The third kappa shape index (κ3) is 2.91. The van der Waals surface area contributed by atoms with Gasteiger partial charge in [0.25, 0.3) is 5.56 Å². The van der Waals surface area contributed by atoms with Gasteiger partial charge in [-0.3, -0.25) is 9.59 Å². The number of aryl methyl sites for hydroxylation is 1. The van der Waals surface area contributed by atoms with Gasteiger partial charge in [-0.05, 0) is 29.8 Å². The van der Waals surface area contributed by atoms with E-state index in [-0.39, 0.29) is 23.9 Å². The van der Waals surface area contributed by atoms with E-state index in [1.807, 2.05) is 48.5 Å². The molecule has 0 saturated carbocycles. The minimum atomic E-state index is -0.349. The number of benzene rings is 2. The van der Waals surface area contributed by atoms with Gasteiger partial charge in [0.15, 0.2) is 0 Å². The molecule has 0 N–H and O–H groups in total. The lowest BCUT2D eigenvalue weighted by Gasteiger charge is -2.26. The van der Waals surface area contributed by atoms with Crippen molar-refractivity contribution < 1.29 is 14.3 Å². The molecule has 0 aliphatic carbocycles. The molecule has 0 bridgehead atoms. The van der Waals surface area contributed by atoms with Crippen LogP contribution in [0.15, 0.2) is 66.0 Å². The molecule has 0 unspecified atom stereocenters. The Labute approximate surface area is 156 Å². The fourth-order valence-corrected chi connectivity index (χ4v) is 3.57. The Kier molecular flexibility index (Phi) is 4.28. The molecule has 136 valence electrons. The van der Waals surface area contributed by atoms with Crippen molar-refractivity contribution in [2.75, 3.05) is 6.61 Å². The molecular weight excluding hydrogens is 342 g/mol. The molecular formula is C22H19NO4. The second-order valence-corrected chi connectivity index (χ2v) is 6.52. The third-order valence-corrected chi connectivity index (χ3v) is 4.88. The summed E-state index contributed by atoms with van der Waals surface area (Å²) < 4.78 is 12.6. The van der Waals surface area contributed by atoms with Crippen molar-refractivity contribution in [3.05, 3.63) is 82.7 Å². The van der Waals surface area contributed by atoms with Crippen molar-refractivity contribution in [3.63, 3.8) is 0 Å². The molecule has 0 spiro atoms. The number of rotatable bonds is 4. The SMILES string of the molecule is C=CCOc1ccc([C@H]2CC(=O)Oc3c2c(=O)n(C)c2ccccc32)cc1. The average molecular weight is 361 g/mol. The van der Waals surface area contributed by atoms with Crippen LogP contribution in [-0.4, -0.2) is 17.1 Å². The van der Waals surface area contributed by atoms with Gasteiger partial charge in [-0.2, -0.15) is 0 Å². The van der Waals surface area contributed by atoms with E-state index in [9.17, 15) is 9.59 Å². The van der Waals surface area contributed by atoms with Crippen LogP contribution in [0.1, 0.15) is 23.5 Å². The van der Waals surface area contributed by atoms with Crippen molar-refractivity contribution in [1.82, 2.24) is 4.57 Å². The Hall–Kier alpha value is -3.34. The third-order valence-electron chi connectivity index (χ3n) is 4.88. The number of nitrogens with zero attached hydrogens (tertiary/aromatic N) is 1. The summed E-state index contributed by atoms with van der Waals surface area (Å²) >= 11 is 0. The molecule has 4 rings (SSSR count). The molecule has 1 aliphatic rings. The van der Waals surface area contributed by atoms with Gasteiger partial charge in [0, 0.05) is 18.4 Å². The molecule has 2 heterocycles. The first kappa shape index (κ1) is 17.1. The van der Waals surface area contributed by atoms with Gasteiger partial charge < -0.3 is 14.0 Å². The minimum absolute atomic E-state index is 0.132. The zero-order valence-corrected chi connectivity index (χ0v) is 15.0. The molecule has 5 nitrogen and oxygen atoms in total. The Morgan fingerprint density at radius 1 is 1.19 bits per heavy atom. The van der Waals surface area contributed by atoms with Gasteiger partial charge >= 0.3 is 5.97 Å². The van der Waals surface area contributed by atoms with E-state index >= 15 is 0 Å². The number of carbonyl (C=O) groups is 1. The number of aromatic nitrogens is 1. The van der Waals surface area contributed by atoms with Crippen LogP contribution in [0.3, 0.4) is 0 Å². The lowest BCUT2D eigenvalue weighted by Crippen LogP contribution is -2.31. The average Bonchev–Trinajstić information content (AvgIpc) is 2.70. The van der Waals surface area contributed by atoms with E-state index in [0.717, 1.165) is 16.5 Å².